The SMILES string of the molecule is Cc1cc(C(=O)Nc2ccc(-c3ccc(Cl)cc3)cc2)nn1-c1ccc(Cl)cc1. The highest BCUT2D eigenvalue weighted by molar-refractivity contribution is 6.30. The van der Waals surface area contributed by atoms with Gasteiger partial charge in [-0.1, -0.05) is 47.5 Å². The minimum atomic E-state index is -0.264. The molecule has 144 valence electrons. The summed E-state index contributed by atoms with van der Waals surface area (Å²) in [6, 6.07) is 24.3. The van der Waals surface area contributed by atoms with E-state index in [4.69, 9.17) is 23.2 Å². The van der Waals surface area contributed by atoms with Gasteiger partial charge in [-0.15, -0.1) is 0 Å². The van der Waals surface area contributed by atoms with E-state index in [0.29, 0.717) is 21.4 Å². The van der Waals surface area contributed by atoms with Crippen LogP contribution in [0.2, 0.25) is 10.0 Å². The van der Waals surface area contributed by atoms with Gasteiger partial charge in [0.1, 0.15) is 0 Å². The molecule has 6 heteroatoms. The first-order valence-electron chi connectivity index (χ1n) is 8.99. The van der Waals surface area contributed by atoms with Crippen LogP contribution in [0.5, 0.6) is 0 Å². The smallest absolute Gasteiger partial charge is 0.276 e. The maximum Gasteiger partial charge on any atom is 0.276 e. The number of carbonyl (C=O) groups is 1. The van der Waals surface area contributed by atoms with Gasteiger partial charge in [0.05, 0.1) is 5.69 Å². The molecule has 0 aliphatic rings. The van der Waals surface area contributed by atoms with Crippen LogP contribution in [0.15, 0.2) is 78.9 Å². The van der Waals surface area contributed by atoms with Crippen molar-refractivity contribution >= 4 is 34.8 Å². The summed E-state index contributed by atoms with van der Waals surface area (Å²) < 4.78 is 1.72. The number of benzene rings is 3. The Balaban J connectivity index is 1.50. The van der Waals surface area contributed by atoms with E-state index in [0.717, 1.165) is 22.5 Å². The standard InChI is InChI=1S/C23H17Cl2N3O/c1-15-14-22(27-28(15)21-12-8-19(25)9-13-21)23(29)26-20-10-4-17(5-11-20)16-2-6-18(24)7-3-16/h2-14H,1H3,(H,26,29). The molecule has 4 aromatic rings. The third-order valence-corrected chi connectivity index (χ3v) is 5.02. The van der Waals surface area contributed by atoms with Gasteiger partial charge < -0.3 is 5.32 Å². The largest absolute Gasteiger partial charge is 0.321 e. The van der Waals surface area contributed by atoms with Crippen LogP contribution in [0.1, 0.15) is 16.2 Å². The molecular formula is C23H17Cl2N3O. The number of hydrogen-bond donors (Lipinski definition) is 1. The predicted molar refractivity (Wildman–Crippen MR) is 118 cm³/mol. The Morgan fingerprint density at radius 3 is 1.93 bits per heavy atom. The summed E-state index contributed by atoms with van der Waals surface area (Å²) in [4.78, 5) is 12.6. The number of hydrogen-bond acceptors (Lipinski definition) is 2. The summed E-state index contributed by atoms with van der Waals surface area (Å²) in [5.74, 6) is -0.264. The molecule has 0 aliphatic heterocycles. The van der Waals surface area contributed by atoms with Gasteiger partial charge in [0, 0.05) is 21.4 Å². The molecule has 0 saturated carbocycles. The average molecular weight is 422 g/mol. The molecule has 0 unspecified atom stereocenters. The number of rotatable bonds is 4. The number of amides is 1. The lowest BCUT2D eigenvalue weighted by Crippen LogP contribution is -2.13. The van der Waals surface area contributed by atoms with E-state index in [-0.39, 0.29) is 5.91 Å². The molecule has 4 nitrogen and oxygen atoms in total. The monoisotopic (exact) mass is 421 g/mol. The quantitative estimate of drug-likeness (QED) is 0.413. The van der Waals surface area contributed by atoms with Crippen LogP contribution in [0.4, 0.5) is 5.69 Å². The lowest BCUT2D eigenvalue weighted by molar-refractivity contribution is 0.102. The Bertz CT molecular complexity index is 1150. The van der Waals surface area contributed by atoms with Gasteiger partial charge in [0.15, 0.2) is 5.69 Å². The minimum absolute atomic E-state index is 0.264. The first-order chi connectivity index (χ1) is 14.0. The highest BCUT2D eigenvalue weighted by Gasteiger charge is 2.14. The molecule has 0 saturated heterocycles. The third-order valence-electron chi connectivity index (χ3n) is 4.51. The number of anilines is 1. The Hall–Kier alpha value is -3.08. The molecule has 1 N–H and O–H groups in total. The lowest BCUT2D eigenvalue weighted by Gasteiger charge is -2.06. The second kappa shape index (κ2) is 8.11. The topological polar surface area (TPSA) is 46.9 Å². The lowest BCUT2D eigenvalue weighted by atomic mass is 10.1. The van der Waals surface area contributed by atoms with Crippen molar-refractivity contribution in [2.24, 2.45) is 0 Å². The summed E-state index contributed by atoms with van der Waals surface area (Å²) in [5.41, 5.74) is 4.85. The zero-order valence-electron chi connectivity index (χ0n) is 15.6. The maximum atomic E-state index is 12.6. The van der Waals surface area contributed by atoms with Crippen molar-refractivity contribution in [2.75, 3.05) is 5.32 Å². The number of carbonyl (C=O) groups excluding carboxylic acids is 1. The van der Waals surface area contributed by atoms with E-state index in [9.17, 15) is 4.79 Å². The Morgan fingerprint density at radius 1 is 0.828 bits per heavy atom. The van der Waals surface area contributed by atoms with Crippen molar-refractivity contribution in [1.29, 1.82) is 0 Å². The zero-order chi connectivity index (χ0) is 20.4. The highest BCUT2D eigenvalue weighted by atomic mass is 35.5. The zero-order valence-corrected chi connectivity index (χ0v) is 17.1. The third kappa shape index (κ3) is 4.34. The van der Waals surface area contributed by atoms with Crippen molar-refractivity contribution in [1.82, 2.24) is 9.78 Å². The molecule has 0 radical (unpaired) electrons. The van der Waals surface area contributed by atoms with Gasteiger partial charge in [-0.2, -0.15) is 5.10 Å². The number of nitrogens with one attached hydrogen (secondary N) is 1. The number of nitrogens with zero attached hydrogens (tertiary/aromatic N) is 2. The van der Waals surface area contributed by atoms with E-state index in [1.54, 1.807) is 22.9 Å². The van der Waals surface area contributed by atoms with Crippen LogP contribution >= 0.6 is 23.2 Å². The van der Waals surface area contributed by atoms with Crippen molar-refractivity contribution < 1.29 is 4.79 Å². The van der Waals surface area contributed by atoms with Crippen LogP contribution in [-0.2, 0) is 0 Å². The van der Waals surface area contributed by atoms with Gasteiger partial charge >= 0.3 is 0 Å². The van der Waals surface area contributed by atoms with E-state index < -0.39 is 0 Å². The highest BCUT2D eigenvalue weighted by Crippen LogP contribution is 2.23. The van der Waals surface area contributed by atoms with Gasteiger partial charge in [-0.25, -0.2) is 4.68 Å². The summed E-state index contributed by atoms with van der Waals surface area (Å²) in [5, 5.41) is 8.67. The van der Waals surface area contributed by atoms with E-state index >= 15 is 0 Å². The van der Waals surface area contributed by atoms with Crippen molar-refractivity contribution in [3.05, 3.63) is 100 Å². The summed E-state index contributed by atoms with van der Waals surface area (Å²) in [7, 11) is 0. The van der Waals surface area contributed by atoms with Gasteiger partial charge in [0.25, 0.3) is 5.91 Å². The molecule has 0 fully saturated rings. The maximum absolute atomic E-state index is 12.6. The fourth-order valence-electron chi connectivity index (χ4n) is 3.01. The van der Waals surface area contributed by atoms with Gasteiger partial charge in [-0.05, 0) is 72.6 Å². The predicted octanol–water partition coefficient (Wildman–Crippen LogP) is 6.41. The molecule has 1 aromatic heterocycles. The van der Waals surface area contributed by atoms with Crippen LogP contribution in [-0.4, -0.2) is 15.7 Å². The van der Waals surface area contributed by atoms with Crippen molar-refractivity contribution in [3.8, 4) is 16.8 Å². The Kier molecular flexibility index (Phi) is 5.38. The fourth-order valence-corrected chi connectivity index (χ4v) is 3.26. The molecule has 3 aromatic carbocycles. The molecule has 4 rings (SSSR count). The summed E-state index contributed by atoms with van der Waals surface area (Å²) >= 11 is 11.9. The van der Waals surface area contributed by atoms with Crippen LogP contribution in [0.25, 0.3) is 16.8 Å². The van der Waals surface area contributed by atoms with Crippen molar-refractivity contribution in [2.45, 2.75) is 6.92 Å². The Labute approximate surface area is 178 Å². The molecule has 0 bridgehead atoms. The van der Waals surface area contributed by atoms with E-state index in [1.165, 1.54) is 0 Å². The molecule has 29 heavy (non-hydrogen) atoms. The van der Waals surface area contributed by atoms with Crippen LogP contribution < -0.4 is 5.32 Å². The normalized spacial score (nSPS) is 10.7. The molecule has 0 spiro atoms. The van der Waals surface area contributed by atoms with Gasteiger partial charge in [-0.3, -0.25) is 4.79 Å². The molecule has 0 aliphatic carbocycles. The molecule has 0 atom stereocenters. The van der Waals surface area contributed by atoms with Crippen molar-refractivity contribution in [3.63, 3.8) is 0 Å². The average Bonchev–Trinajstić information content (AvgIpc) is 3.12. The number of aryl methyl sites for hydroxylation is 1. The fraction of sp³-hybridized carbons (Fsp3) is 0.0435. The summed E-state index contributed by atoms with van der Waals surface area (Å²) in [6.07, 6.45) is 0. The number of halogens is 2. The minimum Gasteiger partial charge on any atom is -0.321 e. The Morgan fingerprint density at radius 2 is 1.34 bits per heavy atom. The summed E-state index contributed by atoms with van der Waals surface area (Å²) in [6.45, 7) is 1.90. The second-order valence-electron chi connectivity index (χ2n) is 6.60. The van der Waals surface area contributed by atoms with Crippen LogP contribution in [0.3, 0.4) is 0 Å². The molecule has 1 amide bonds. The number of aromatic nitrogens is 2. The molecule has 1 heterocycles. The van der Waals surface area contributed by atoms with E-state index in [2.05, 4.69) is 10.4 Å². The van der Waals surface area contributed by atoms with E-state index in [1.807, 2.05) is 67.6 Å². The second-order valence-corrected chi connectivity index (χ2v) is 7.47. The first kappa shape index (κ1) is 19.2. The molecular weight excluding hydrogens is 405 g/mol. The van der Waals surface area contributed by atoms with Gasteiger partial charge in [0.2, 0.25) is 0 Å². The first-order valence-corrected chi connectivity index (χ1v) is 9.75. The van der Waals surface area contributed by atoms with Crippen LogP contribution in [0, 0.1) is 6.92 Å².